The number of aliphatic imine (C=N–C) groups is 1. The van der Waals surface area contributed by atoms with Gasteiger partial charge in [0.2, 0.25) is 5.91 Å². The molecule has 0 spiro atoms. The molecule has 0 aliphatic carbocycles. The van der Waals surface area contributed by atoms with E-state index in [2.05, 4.69) is 40.9 Å². The topological polar surface area (TPSA) is 64.1 Å². The third-order valence-corrected chi connectivity index (χ3v) is 6.70. The highest BCUT2D eigenvalue weighted by Gasteiger charge is 2.30. The lowest BCUT2D eigenvalue weighted by Gasteiger charge is -2.39. The van der Waals surface area contributed by atoms with Gasteiger partial charge in [0, 0.05) is 50.7 Å². The largest absolute Gasteiger partial charge is 0.357 e. The van der Waals surface area contributed by atoms with Gasteiger partial charge in [-0.1, -0.05) is 0 Å². The first-order valence-electron chi connectivity index (χ1n) is 10.5. The van der Waals surface area contributed by atoms with Crippen molar-refractivity contribution in [2.75, 3.05) is 45.8 Å². The standard InChI is InChI=1S/C20H34N6OS.HI/c1-5-21-20(22-14-18-15(2)23-17(4)28-18)26-12-10-24(11-13-26)16(3)19(27)25-8-6-7-9-25;/h16H,5-14H2,1-4H3,(H,21,22);1H. The minimum Gasteiger partial charge on any atom is -0.357 e. The molecule has 7 nitrogen and oxygen atoms in total. The van der Waals surface area contributed by atoms with E-state index < -0.39 is 0 Å². The lowest BCUT2D eigenvalue weighted by atomic mass is 10.2. The molecule has 1 aromatic heterocycles. The van der Waals surface area contributed by atoms with E-state index in [1.165, 1.54) is 4.88 Å². The number of thiazole rings is 1. The van der Waals surface area contributed by atoms with Gasteiger partial charge in [-0.25, -0.2) is 9.98 Å². The van der Waals surface area contributed by atoms with E-state index in [0.717, 1.165) is 75.3 Å². The van der Waals surface area contributed by atoms with Crippen LogP contribution in [-0.2, 0) is 11.3 Å². The molecule has 0 saturated carbocycles. The highest BCUT2D eigenvalue weighted by molar-refractivity contribution is 14.0. The van der Waals surface area contributed by atoms with Gasteiger partial charge in [-0.3, -0.25) is 9.69 Å². The zero-order chi connectivity index (χ0) is 20.1. The van der Waals surface area contributed by atoms with Crippen LogP contribution in [-0.4, -0.2) is 83.4 Å². The monoisotopic (exact) mass is 534 g/mol. The summed E-state index contributed by atoms with van der Waals surface area (Å²) >= 11 is 1.73. The Hall–Kier alpha value is -0.940. The number of nitrogens with one attached hydrogen (secondary N) is 1. The molecule has 164 valence electrons. The fourth-order valence-electron chi connectivity index (χ4n) is 3.97. The molecule has 0 aromatic carbocycles. The number of halogens is 1. The van der Waals surface area contributed by atoms with E-state index in [-0.39, 0.29) is 30.0 Å². The van der Waals surface area contributed by atoms with Crippen molar-refractivity contribution in [2.24, 2.45) is 4.99 Å². The summed E-state index contributed by atoms with van der Waals surface area (Å²) in [7, 11) is 0. The number of carbonyl (C=O) groups is 1. The van der Waals surface area contributed by atoms with Gasteiger partial charge in [0.1, 0.15) is 0 Å². The summed E-state index contributed by atoms with van der Waals surface area (Å²) in [5, 5.41) is 4.52. The first-order chi connectivity index (χ1) is 13.5. The van der Waals surface area contributed by atoms with E-state index in [4.69, 9.17) is 4.99 Å². The van der Waals surface area contributed by atoms with Crippen molar-refractivity contribution < 1.29 is 4.79 Å². The minimum absolute atomic E-state index is 0. The Kier molecular flexibility index (Phi) is 9.61. The van der Waals surface area contributed by atoms with Crippen LogP contribution in [0.4, 0.5) is 0 Å². The smallest absolute Gasteiger partial charge is 0.239 e. The zero-order valence-corrected chi connectivity index (χ0v) is 21.3. The number of aryl methyl sites for hydroxylation is 2. The molecular formula is C20H35IN6OS. The van der Waals surface area contributed by atoms with Crippen molar-refractivity contribution in [3.8, 4) is 0 Å². The van der Waals surface area contributed by atoms with Crippen molar-refractivity contribution in [2.45, 2.75) is 53.1 Å². The molecule has 3 rings (SSSR count). The molecule has 0 radical (unpaired) electrons. The lowest BCUT2D eigenvalue weighted by Crippen LogP contribution is -2.57. The SMILES string of the molecule is CCNC(=NCc1sc(C)nc1C)N1CCN(C(C)C(=O)N2CCCC2)CC1.I. The normalized spacial score (nSPS) is 19.2. The second-order valence-electron chi connectivity index (χ2n) is 7.64. The molecule has 2 aliphatic heterocycles. The lowest BCUT2D eigenvalue weighted by molar-refractivity contribution is -0.135. The van der Waals surface area contributed by atoms with Gasteiger partial charge in [-0.15, -0.1) is 35.3 Å². The molecule has 2 fully saturated rings. The number of carbonyl (C=O) groups excluding carboxylic acids is 1. The van der Waals surface area contributed by atoms with Gasteiger partial charge in [0.25, 0.3) is 0 Å². The van der Waals surface area contributed by atoms with Gasteiger partial charge in [-0.05, 0) is 40.5 Å². The fraction of sp³-hybridized carbons (Fsp3) is 0.750. The maximum atomic E-state index is 12.7. The molecule has 2 saturated heterocycles. The molecule has 1 atom stereocenters. The summed E-state index contributed by atoms with van der Waals surface area (Å²) < 4.78 is 0. The summed E-state index contributed by atoms with van der Waals surface area (Å²) in [5.74, 6) is 1.26. The Labute approximate surface area is 196 Å². The summed E-state index contributed by atoms with van der Waals surface area (Å²) in [6, 6.07) is -0.0254. The quantitative estimate of drug-likeness (QED) is 0.358. The van der Waals surface area contributed by atoms with Crippen molar-refractivity contribution in [1.82, 2.24) is 25.0 Å². The number of aromatic nitrogens is 1. The highest BCUT2D eigenvalue weighted by atomic mass is 127. The van der Waals surface area contributed by atoms with Crippen LogP contribution >= 0.6 is 35.3 Å². The van der Waals surface area contributed by atoms with Crippen molar-refractivity contribution in [3.63, 3.8) is 0 Å². The number of amides is 1. The van der Waals surface area contributed by atoms with Crippen LogP contribution < -0.4 is 5.32 Å². The summed E-state index contributed by atoms with van der Waals surface area (Å²) in [5.41, 5.74) is 1.08. The average molecular weight is 535 g/mol. The summed E-state index contributed by atoms with van der Waals surface area (Å²) in [6.07, 6.45) is 2.29. The fourth-order valence-corrected chi connectivity index (χ4v) is 4.83. The van der Waals surface area contributed by atoms with Crippen LogP contribution in [0, 0.1) is 13.8 Å². The number of piperazine rings is 1. The van der Waals surface area contributed by atoms with Crippen LogP contribution in [0.15, 0.2) is 4.99 Å². The maximum Gasteiger partial charge on any atom is 0.239 e. The number of hydrogen-bond acceptors (Lipinski definition) is 5. The predicted molar refractivity (Wildman–Crippen MR) is 130 cm³/mol. The molecule has 29 heavy (non-hydrogen) atoms. The van der Waals surface area contributed by atoms with E-state index in [1.54, 1.807) is 11.3 Å². The van der Waals surface area contributed by atoms with Gasteiger partial charge in [0.15, 0.2) is 5.96 Å². The van der Waals surface area contributed by atoms with Gasteiger partial charge >= 0.3 is 0 Å². The van der Waals surface area contributed by atoms with Crippen LogP contribution in [0.5, 0.6) is 0 Å². The Bertz CT molecular complexity index is 695. The van der Waals surface area contributed by atoms with Crippen LogP contribution in [0.1, 0.15) is 42.3 Å². The summed E-state index contributed by atoms with van der Waals surface area (Å²) in [6.45, 7) is 15.2. The first kappa shape index (κ1) is 24.3. The van der Waals surface area contributed by atoms with Crippen LogP contribution in [0.2, 0.25) is 0 Å². The van der Waals surface area contributed by atoms with Crippen molar-refractivity contribution in [1.29, 1.82) is 0 Å². The number of likely N-dealkylation sites (tertiary alicyclic amines) is 1. The van der Waals surface area contributed by atoms with Gasteiger partial charge in [0.05, 0.1) is 23.3 Å². The van der Waals surface area contributed by atoms with Crippen LogP contribution in [0.3, 0.4) is 0 Å². The van der Waals surface area contributed by atoms with E-state index in [0.29, 0.717) is 12.5 Å². The van der Waals surface area contributed by atoms with Gasteiger partial charge in [-0.2, -0.15) is 0 Å². The Morgan fingerprint density at radius 1 is 1.14 bits per heavy atom. The molecule has 1 unspecified atom stereocenters. The Balaban J connectivity index is 0.00000300. The molecular weight excluding hydrogens is 499 g/mol. The second-order valence-corrected chi connectivity index (χ2v) is 8.93. The Morgan fingerprint density at radius 2 is 1.79 bits per heavy atom. The van der Waals surface area contributed by atoms with E-state index >= 15 is 0 Å². The van der Waals surface area contributed by atoms with Crippen molar-refractivity contribution >= 4 is 47.2 Å². The second kappa shape index (κ2) is 11.5. The van der Waals surface area contributed by atoms with Gasteiger partial charge < -0.3 is 15.1 Å². The molecule has 0 bridgehead atoms. The molecule has 9 heteroatoms. The molecule has 1 N–H and O–H groups in total. The average Bonchev–Trinajstić information content (AvgIpc) is 3.34. The zero-order valence-electron chi connectivity index (χ0n) is 18.1. The molecule has 1 aromatic rings. The van der Waals surface area contributed by atoms with E-state index in [9.17, 15) is 4.79 Å². The molecule has 1 amide bonds. The maximum absolute atomic E-state index is 12.7. The van der Waals surface area contributed by atoms with Crippen LogP contribution in [0.25, 0.3) is 0 Å². The first-order valence-corrected chi connectivity index (χ1v) is 11.3. The number of nitrogens with zero attached hydrogens (tertiary/aromatic N) is 5. The van der Waals surface area contributed by atoms with E-state index in [1.807, 2.05) is 11.8 Å². The number of hydrogen-bond donors (Lipinski definition) is 1. The Morgan fingerprint density at radius 3 is 2.34 bits per heavy atom. The third-order valence-electron chi connectivity index (χ3n) is 5.64. The molecule has 3 heterocycles. The third kappa shape index (κ3) is 6.27. The number of guanidine groups is 1. The predicted octanol–water partition coefficient (Wildman–Crippen LogP) is 2.47. The molecule has 2 aliphatic rings. The minimum atomic E-state index is -0.0254. The van der Waals surface area contributed by atoms with Crippen molar-refractivity contribution in [3.05, 3.63) is 15.6 Å². The summed E-state index contributed by atoms with van der Waals surface area (Å²) in [4.78, 5) is 29.9. The number of rotatable bonds is 5. The highest BCUT2D eigenvalue weighted by Crippen LogP contribution is 2.18.